The molecule has 0 amide bonds. The molecule has 0 aliphatic heterocycles. The Balaban J connectivity index is 2.27. The summed E-state index contributed by atoms with van der Waals surface area (Å²) < 4.78 is 5.39. The Labute approximate surface area is 100 Å². The van der Waals surface area contributed by atoms with E-state index in [0.29, 0.717) is 25.3 Å². The van der Waals surface area contributed by atoms with Gasteiger partial charge in [-0.25, -0.2) is 4.79 Å². The molecule has 0 aliphatic rings. The lowest BCUT2D eigenvalue weighted by atomic mass is 10.2. The number of carboxylic acids is 1. The third-order valence-corrected chi connectivity index (χ3v) is 2.14. The van der Waals surface area contributed by atoms with Crippen molar-refractivity contribution < 1.29 is 19.7 Å². The maximum absolute atomic E-state index is 10.7. The minimum atomic E-state index is -0.962. The van der Waals surface area contributed by atoms with Crippen LogP contribution in [-0.2, 0) is 0 Å². The fraction of sp³-hybridized carbons (Fsp3) is 0.417. The summed E-state index contributed by atoms with van der Waals surface area (Å²) in [5.41, 5.74) is 0.218. The van der Waals surface area contributed by atoms with Crippen LogP contribution >= 0.6 is 0 Å². The number of aliphatic hydroxyl groups is 1. The molecule has 5 heteroatoms. The van der Waals surface area contributed by atoms with Crippen molar-refractivity contribution in [3.63, 3.8) is 0 Å². The van der Waals surface area contributed by atoms with Crippen molar-refractivity contribution >= 4 is 5.97 Å². The standard InChI is InChI=1S/C12H17NO4/c14-7-2-5-13-6-8-17-11-4-1-3-10(9-11)12(15)16/h1,3-4,9,13-14H,2,5-8H2,(H,15,16). The molecule has 0 aromatic heterocycles. The molecular formula is C12H17NO4. The van der Waals surface area contributed by atoms with Crippen LogP contribution < -0.4 is 10.1 Å². The van der Waals surface area contributed by atoms with Gasteiger partial charge in [0.15, 0.2) is 0 Å². The molecule has 0 bridgehead atoms. The topological polar surface area (TPSA) is 78.8 Å². The third kappa shape index (κ3) is 5.33. The number of hydrogen-bond donors (Lipinski definition) is 3. The number of carboxylic acid groups (broad SMARTS) is 1. The zero-order valence-corrected chi connectivity index (χ0v) is 9.56. The molecule has 0 atom stereocenters. The van der Waals surface area contributed by atoms with E-state index in [1.807, 2.05) is 0 Å². The van der Waals surface area contributed by atoms with Crippen molar-refractivity contribution in [2.24, 2.45) is 0 Å². The van der Waals surface area contributed by atoms with Crippen LogP contribution in [0.2, 0.25) is 0 Å². The molecule has 0 radical (unpaired) electrons. The van der Waals surface area contributed by atoms with E-state index in [9.17, 15) is 4.79 Å². The number of hydrogen-bond acceptors (Lipinski definition) is 4. The van der Waals surface area contributed by atoms with Gasteiger partial charge in [-0.3, -0.25) is 0 Å². The van der Waals surface area contributed by atoms with Gasteiger partial charge in [-0.15, -0.1) is 0 Å². The summed E-state index contributed by atoms with van der Waals surface area (Å²) in [7, 11) is 0. The average molecular weight is 239 g/mol. The maximum atomic E-state index is 10.7. The van der Waals surface area contributed by atoms with Crippen molar-refractivity contribution in [1.82, 2.24) is 5.32 Å². The lowest BCUT2D eigenvalue weighted by molar-refractivity contribution is 0.0696. The number of nitrogens with one attached hydrogen (secondary N) is 1. The summed E-state index contributed by atoms with van der Waals surface area (Å²) in [6, 6.07) is 6.39. The van der Waals surface area contributed by atoms with Gasteiger partial charge in [0.25, 0.3) is 0 Å². The largest absolute Gasteiger partial charge is 0.492 e. The normalized spacial score (nSPS) is 10.2. The molecule has 1 aromatic carbocycles. The summed E-state index contributed by atoms with van der Waals surface area (Å²) in [5.74, 6) is -0.412. The van der Waals surface area contributed by atoms with Gasteiger partial charge in [0.1, 0.15) is 12.4 Å². The quantitative estimate of drug-likeness (QED) is 0.583. The Bertz CT molecular complexity index is 354. The molecular weight excluding hydrogens is 222 g/mol. The minimum absolute atomic E-state index is 0.175. The molecule has 0 unspecified atom stereocenters. The summed E-state index contributed by atoms with van der Waals surface area (Å²) in [6.45, 7) is 2.05. The summed E-state index contributed by atoms with van der Waals surface area (Å²) in [5, 5.41) is 20.4. The Hall–Kier alpha value is -1.59. The molecule has 3 N–H and O–H groups in total. The Morgan fingerprint density at radius 1 is 1.35 bits per heavy atom. The number of rotatable bonds is 8. The fourth-order valence-corrected chi connectivity index (χ4v) is 1.29. The number of ether oxygens (including phenoxy) is 1. The highest BCUT2D eigenvalue weighted by atomic mass is 16.5. The van der Waals surface area contributed by atoms with Gasteiger partial charge < -0.3 is 20.3 Å². The molecule has 5 nitrogen and oxygen atoms in total. The van der Waals surface area contributed by atoms with E-state index >= 15 is 0 Å². The number of benzene rings is 1. The van der Waals surface area contributed by atoms with Gasteiger partial charge in [-0.1, -0.05) is 6.07 Å². The van der Waals surface area contributed by atoms with Crippen LogP contribution in [0.5, 0.6) is 5.75 Å². The molecule has 17 heavy (non-hydrogen) atoms. The predicted octanol–water partition coefficient (Wildman–Crippen LogP) is 0.736. The van der Waals surface area contributed by atoms with Crippen molar-refractivity contribution in [3.05, 3.63) is 29.8 Å². The molecule has 0 saturated carbocycles. The highest BCUT2D eigenvalue weighted by Crippen LogP contribution is 2.12. The molecule has 1 rings (SSSR count). The monoisotopic (exact) mass is 239 g/mol. The molecule has 0 spiro atoms. The van der Waals surface area contributed by atoms with Gasteiger partial charge >= 0.3 is 5.97 Å². The van der Waals surface area contributed by atoms with Crippen molar-refractivity contribution in [2.45, 2.75) is 6.42 Å². The first-order valence-corrected chi connectivity index (χ1v) is 5.52. The molecule has 0 fully saturated rings. The lowest BCUT2D eigenvalue weighted by Gasteiger charge is -2.07. The first-order chi connectivity index (χ1) is 8.24. The fourth-order valence-electron chi connectivity index (χ4n) is 1.29. The minimum Gasteiger partial charge on any atom is -0.492 e. The van der Waals surface area contributed by atoms with Crippen LogP contribution in [0.25, 0.3) is 0 Å². The van der Waals surface area contributed by atoms with Crippen LogP contribution in [0.1, 0.15) is 16.8 Å². The second kappa shape index (κ2) is 7.65. The summed E-state index contributed by atoms with van der Waals surface area (Å²) in [4.78, 5) is 10.7. The Kier molecular flexibility index (Phi) is 6.06. The second-order valence-electron chi connectivity index (χ2n) is 3.51. The van der Waals surface area contributed by atoms with Crippen LogP contribution in [0, 0.1) is 0 Å². The van der Waals surface area contributed by atoms with Crippen LogP contribution in [-0.4, -0.2) is 42.5 Å². The van der Waals surface area contributed by atoms with E-state index in [1.54, 1.807) is 12.1 Å². The van der Waals surface area contributed by atoms with Gasteiger partial charge in [-0.05, 0) is 31.2 Å². The molecule has 1 aromatic rings. The number of carbonyl (C=O) groups is 1. The molecule has 94 valence electrons. The van der Waals surface area contributed by atoms with Gasteiger partial charge in [0, 0.05) is 13.2 Å². The smallest absolute Gasteiger partial charge is 0.335 e. The van der Waals surface area contributed by atoms with E-state index in [-0.39, 0.29) is 12.2 Å². The maximum Gasteiger partial charge on any atom is 0.335 e. The molecule has 0 heterocycles. The van der Waals surface area contributed by atoms with Gasteiger partial charge in [-0.2, -0.15) is 0 Å². The third-order valence-electron chi connectivity index (χ3n) is 2.14. The van der Waals surface area contributed by atoms with Gasteiger partial charge in [0.2, 0.25) is 0 Å². The van der Waals surface area contributed by atoms with Crippen molar-refractivity contribution in [2.75, 3.05) is 26.3 Å². The Morgan fingerprint density at radius 3 is 2.88 bits per heavy atom. The van der Waals surface area contributed by atoms with Crippen LogP contribution in [0.15, 0.2) is 24.3 Å². The van der Waals surface area contributed by atoms with E-state index in [0.717, 1.165) is 6.54 Å². The zero-order chi connectivity index (χ0) is 12.5. The van der Waals surface area contributed by atoms with Crippen LogP contribution in [0.3, 0.4) is 0 Å². The highest BCUT2D eigenvalue weighted by Gasteiger charge is 2.03. The number of aromatic carboxylic acids is 1. The predicted molar refractivity (Wildman–Crippen MR) is 63.5 cm³/mol. The van der Waals surface area contributed by atoms with Crippen molar-refractivity contribution in [3.8, 4) is 5.75 Å². The van der Waals surface area contributed by atoms with Crippen molar-refractivity contribution in [1.29, 1.82) is 0 Å². The Morgan fingerprint density at radius 2 is 2.18 bits per heavy atom. The number of aliphatic hydroxyl groups excluding tert-OH is 1. The summed E-state index contributed by atoms with van der Waals surface area (Å²) in [6.07, 6.45) is 0.717. The van der Waals surface area contributed by atoms with E-state index in [1.165, 1.54) is 12.1 Å². The first kappa shape index (κ1) is 13.5. The summed E-state index contributed by atoms with van der Waals surface area (Å²) >= 11 is 0. The first-order valence-electron chi connectivity index (χ1n) is 5.52. The highest BCUT2D eigenvalue weighted by molar-refractivity contribution is 5.87. The zero-order valence-electron chi connectivity index (χ0n) is 9.56. The van der Waals surface area contributed by atoms with E-state index in [2.05, 4.69) is 5.32 Å². The van der Waals surface area contributed by atoms with Gasteiger partial charge in [0.05, 0.1) is 5.56 Å². The average Bonchev–Trinajstić information content (AvgIpc) is 2.34. The van der Waals surface area contributed by atoms with Crippen LogP contribution in [0.4, 0.5) is 0 Å². The molecule has 0 aliphatic carbocycles. The van der Waals surface area contributed by atoms with E-state index in [4.69, 9.17) is 14.9 Å². The molecule has 0 saturated heterocycles. The lowest BCUT2D eigenvalue weighted by Crippen LogP contribution is -2.22. The van der Waals surface area contributed by atoms with E-state index < -0.39 is 5.97 Å². The second-order valence-corrected chi connectivity index (χ2v) is 3.51. The SMILES string of the molecule is O=C(O)c1cccc(OCCNCCCO)c1.